The number of amides is 2. The van der Waals surface area contributed by atoms with Gasteiger partial charge in [-0.25, -0.2) is 8.42 Å². The Morgan fingerprint density at radius 3 is 2.33 bits per heavy atom. The maximum Gasteiger partial charge on any atom is 0.256 e. The van der Waals surface area contributed by atoms with Gasteiger partial charge in [-0.1, -0.05) is 25.7 Å². The van der Waals surface area contributed by atoms with Crippen molar-refractivity contribution in [3.8, 4) is 0 Å². The van der Waals surface area contributed by atoms with Crippen LogP contribution in [0.3, 0.4) is 0 Å². The van der Waals surface area contributed by atoms with Crippen LogP contribution in [0, 0.1) is 5.92 Å². The lowest BCUT2D eigenvalue weighted by atomic mass is 9.98. The van der Waals surface area contributed by atoms with E-state index in [4.69, 9.17) is 5.73 Å². The highest BCUT2D eigenvalue weighted by Gasteiger charge is 2.31. The number of H-pyrrole nitrogens is 1. The second-order valence-corrected chi connectivity index (χ2v) is 10.9. The Hall–Kier alpha value is -2.72. The van der Waals surface area contributed by atoms with E-state index in [9.17, 15) is 22.8 Å². The molecule has 0 atom stereocenters. The van der Waals surface area contributed by atoms with Gasteiger partial charge in [-0.15, -0.1) is 0 Å². The minimum atomic E-state index is -3.85. The van der Waals surface area contributed by atoms with Crippen molar-refractivity contribution in [3.63, 3.8) is 0 Å². The SMILES string of the molecule is NC(=O)C1CCN(S(=O)(=O)c2ccc3[nH]cc(C(=O)NC4CCCCCC4)c(=O)c3c2)CC1. The van der Waals surface area contributed by atoms with Gasteiger partial charge in [-0.3, -0.25) is 14.4 Å². The molecule has 1 aromatic heterocycles. The van der Waals surface area contributed by atoms with Crippen LogP contribution >= 0.6 is 0 Å². The van der Waals surface area contributed by atoms with Crippen molar-refractivity contribution in [2.75, 3.05) is 13.1 Å². The van der Waals surface area contributed by atoms with Gasteiger partial charge in [-0.05, 0) is 43.9 Å². The number of nitrogens with one attached hydrogen (secondary N) is 2. The molecule has 4 rings (SSSR count). The van der Waals surface area contributed by atoms with E-state index in [-0.39, 0.29) is 40.9 Å². The van der Waals surface area contributed by atoms with Crippen molar-refractivity contribution in [1.82, 2.24) is 14.6 Å². The number of primary amides is 1. The second-order valence-electron chi connectivity index (χ2n) is 8.98. The summed E-state index contributed by atoms with van der Waals surface area (Å²) in [6, 6.07) is 4.35. The minimum absolute atomic E-state index is 0.0145. The number of carbonyl (C=O) groups is 2. The number of nitrogens with zero attached hydrogens (tertiary/aromatic N) is 1. The van der Waals surface area contributed by atoms with Crippen LogP contribution in [0.5, 0.6) is 0 Å². The Morgan fingerprint density at radius 2 is 1.70 bits per heavy atom. The number of benzene rings is 1. The molecule has 1 aliphatic carbocycles. The first-order chi connectivity index (χ1) is 15.8. The molecule has 9 nitrogen and oxygen atoms in total. The summed E-state index contributed by atoms with van der Waals surface area (Å²) >= 11 is 0. The minimum Gasteiger partial charge on any atom is -0.369 e. The Kier molecular flexibility index (Phi) is 6.85. The zero-order chi connectivity index (χ0) is 23.6. The molecule has 2 aromatic rings. The number of nitrogens with two attached hydrogens (primary N) is 1. The van der Waals surface area contributed by atoms with Gasteiger partial charge < -0.3 is 16.0 Å². The molecule has 1 saturated heterocycles. The smallest absolute Gasteiger partial charge is 0.256 e. The van der Waals surface area contributed by atoms with Crippen LogP contribution in [0.1, 0.15) is 61.7 Å². The van der Waals surface area contributed by atoms with Crippen molar-refractivity contribution in [2.24, 2.45) is 11.7 Å². The molecule has 1 saturated carbocycles. The lowest BCUT2D eigenvalue weighted by Gasteiger charge is -2.29. The van der Waals surface area contributed by atoms with Crippen molar-refractivity contribution < 1.29 is 18.0 Å². The van der Waals surface area contributed by atoms with E-state index >= 15 is 0 Å². The standard InChI is InChI=1S/C23H30N4O5S/c24-22(29)15-9-11-27(12-10-15)33(31,32)17-7-8-20-18(13-17)21(28)19(14-25-20)23(30)26-16-5-3-1-2-4-6-16/h7-8,13-16H,1-6,9-12H2,(H2,24,29)(H,25,28)(H,26,30). The molecule has 2 heterocycles. The molecule has 0 radical (unpaired) electrons. The summed E-state index contributed by atoms with van der Waals surface area (Å²) in [5, 5.41) is 3.12. The van der Waals surface area contributed by atoms with Gasteiger partial charge in [0.25, 0.3) is 5.91 Å². The highest BCUT2D eigenvalue weighted by molar-refractivity contribution is 7.89. The van der Waals surface area contributed by atoms with E-state index in [0.29, 0.717) is 18.4 Å². The van der Waals surface area contributed by atoms with Crippen LogP contribution < -0.4 is 16.5 Å². The van der Waals surface area contributed by atoms with E-state index in [1.165, 1.54) is 28.7 Å². The largest absolute Gasteiger partial charge is 0.369 e. The van der Waals surface area contributed by atoms with Crippen LogP contribution in [-0.2, 0) is 14.8 Å². The maximum atomic E-state index is 13.2. The highest BCUT2D eigenvalue weighted by Crippen LogP contribution is 2.25. The molecule has 2 aliphatic rings. The van der Waals surface area contributed by atoms with Crippen molar-refractivity contribution in [1.29, 1.82) is 0 Å². The number of pyridine rings is 1. The molecule has 1 aromatic carbocycles. The van der Waals surface area contributed by atoms with Crippen molar-refractivity contribution in [3.05, 3.63) is 40.2 Å². The third-order valence-corrected chi connectivity index (χ3v) is 8.68. The molecule has 0 unspecified atom stereocenters. The molecule has 2 amide bonds. The molecule has 178 valence electrons. The topological polar surface area (TPSA) is 142 Å². The Labute approximate surface area is 192 Å². The molecule has 1 aliphatic heterocycles. The van der Waals surface area contributed by atoms with Crippen LogP contribution in [0.15, 0.2) is 34.1 Å². The Morgan fingerprint density at radius 1 is 1.03 bits per heavy atom. The molecular formula is C23H30N4O5S. The average molecular weight is 475 g/mol. The fourth-order valence-corrected chi connectivity index (χ4v) is 6.24. The van der Waals surface area contributed by atoms with Crippen LogP contribution in [0.4, 0.5) is 0 Å². The number of sulfonamides is 1. The van der Waals surface area contributed by atoms with Crippen LogP contribution in [0.2, 0.25) is 0 Å². The number of fused-ring (bicyclic) bond motifs is 1. The van der Waals surface area contributed by atoms with Gasteiger partial charge >= 0.3 is 0 Å². The zero-order valence-corrected chi connectivity index (χ0v) is 19.3. The molecule has 0 spiro atoms. The maximum absolute atomic E-state index is 13.2. The number of rotatable bonds is 5. The summed E-state index contributed by atoms with van der Waals surface area (Å²) in [6.07, 6.45) is 8.33. The van der Waals surface area contributed by atoms with Gasteiger partial charge in [0, 0.05) is 42.1 Å². The van der Waals surface area contributed by atoms with Gasteiger partial charge in [0.2, 0.25) is 21.4 Å². The lowest BCUT2D eigenvalue weighted by Crippen LogP contribution is -2.41. The third kappa shape index (κ3) is 4.96. The number of hydrogen-bond acceptors (Lipinski definition) is 5. The van der Waals surface area contributed by atoms with Gasteiger partial charge in [-0.2, -0.15) is 4.31 Å². The normalized spacial score (nSPS) is 19.3. The first kappa shape index (κ1) is 23.4. The van der Waals surface area contributed by atoms with Gasteiger partial charge in [0.15, 0.2) is 0 Å². The van der Waals surface area contributed by atoms with E-state index < -0.39 is 27.3 Å². The molecule has 2 fully saturated rings. The summed E-state index contributed by atoms with van der Waals surface area (Å²) in [4.78, 5) is 40.2. The molecule has 4 N–H and O–H groups in total. The summed E-state index contributed by atoms with van der Waals surface area (Å²) in [5.74, 6) is -1.18. The molecular weight excluding hydrogens is 444 g/mol. The Bertz CT molecular complexity index is 1210. The number of hydrogen-bond donors (Lipinski definition) is 3. The predicted molar refractivity (Wildman–Crippen MR) is 124 cm³/mol. The molecule has 0 bridgehead atoms. The van der Waals surface area contributed by atoms with Gasteiger partial charge in [0.05, 0.1) is 4.90 Å². The fourth-order valence-electron chi connectivity index (χ4n) is 4.74. The number of carbonyl (C=O) groups excluding carboxylic acids is 2. The first-order valence-corrected chi connectivity index (χ1v) is 13.0. The zero-order valence-electron chi connectivity index (χ0n) is 18.5. The fraction of sp³-hybridized carbons (Fsp3) is 0.522. The average Bonchev–Trinajstić information content (AvgIpc) is 3.07. The predicted octanol–water partition coefficient (Wildman–Crippen LogP) is 1.87. The summed E-state index contributed by atoms with van der Waals surface area (Å²) in [6.45, 7) is 0.377. The lowest BCUT2D eigenvalue weighted by molar-refractivity contribution is -0.122. The van der Waals surface area contributed by atoms with Crippen molar-refractivity contribution in [2.45, 2.75) is 62.3 Å². The number of aromatic nitrogens is 1. The number of aromatic amines is 1. The van der Waals surface area contributed by atoms with E-state index in [1.54, 1.807) is 0 Å². The monoisotopic (exact) mass is 474 g/mol. The summed E-state index contributed by atoms with van der Waals surface area (Å²) in [7, 11) is -3.85. The van der Waals surface area contributed by atoms with Crippen LogP contribution in [-0.4, -0.2) is 48.7 Å². The van der Waals surface area contributed by atoms with Crippen LogP contribution in [0.25, 0.3) is 10.9 Å². The summed E-state index contributed by atoms with van der Waals surface area (Å²) in [5.41, 5.74) is 5.27. The molecule has 33 heavy (non-hydrogen) atoms. The first-order valence-electron chi connectivity index (χ1n) is 11.5. The Balaban J connectivity index is 1.59. The quantitative estimate of drug-likeness (QED) is 0.567. The third-order valence-electron chi connectivity index (χ3n) is 6.78. The highest BCUT2D eigenvalue weighted by atomic mass is 32.2. The second kappa shape index (κ2) is 9.64. The van der Waals surface area contributed by atoms with Gasteiger partial charge in [0.1, 0.15) is 5.56 Å². The van der Waals surface area contributed by atoms with E-state index in [1.807, 2.05) is 0 Å². The summed E-state index contributed by atoms with van der Waals surface area (Å²) < 4.78 is 27.6. The van der Waals surface area contributed by atoms with E-state index in [0.717, 1.165) is 38.5 Å². The number of piperidine rings is 1. The van der Waals surface area contributed by atoms with E-state index in [2.05, 4.69) is 10.3 Å². The molecule has 10 heteroatoms. The van der Waals surface area contributed by atoms with Crippen molar-refractivity contribution >= 4 is 32.7 Å².